The zero-order chi connectivity index (χ0) is 30.0. The van der Waals surface area contributed by atoms with Gasteiger partial charge >= 0.3 is 0 Å². The summed E-state index contributed by atoms with van der Waals surface area (Å²) in [6, 6.07) is 23.4. The van der Waals surface area contributed by atoms with E-state index in [1.807, 2.05) is 75.4 Å². The molecule has 0 aliphatic carbocycles. The number of benzene rings is 3. The van der Waals surface area contributed by atoms with Crippen molar-refractivity contribution in [2.24, 2.45) is 0 Å². The Morgan fingerprint density at radius 1 is 0.951 bits per heavy atom. The SMILES string of the molecule is CC[C@H](C)NC(=O)[C@H](Cc1ccccc1)N(Cc1ccc(C)cc1)C(=O)CCCN(c1cccc(Cl)c1)S(C)(=O)=O. The van der Waals surface area contributed by atoms with Gasteiger partial charge in [-0.05, 0) is 56.0 Å². The van der Waals surface area contributed by atoms with Gasteiger partial charge in [0, 0.05) is 37.0 Å². The molecule has 0 bridgehead atoms. The molecule has 0 spiro atoms. The van der Waals surface area contributed by atoms with E-state index < -0.39 is 16.1 Å². The van der Waals surface area contributed by atoms with Gasteiger partial charge in [0.1, 0.15) is 6.04 Å². The van der Waals surface area contributed by atoms with Crippen LogP contribution < -0.4 is 9.62 Å². The highest BCUT2D eigenvalue weighted by Crippen LogP contribution is 2.23. The molecule has 9 heteroatoms. The summed E-state index contributed by atoms with van der Waals surface area (Å²) in [5.41, 5.74) is 3.40. The first-order chi connectivity index (χ1) is 19.5. The maximum atomic E-state index is 13.9. The Kier molecular flexibility index (Phi) is 11.8. The fraction of sp³-hybridized carbons (Fsp3) is 0.375. The zero-order valence-corrected chi connectivity index (χ0v) is 25.8. The normalized spacial score (nSPS) is 12.8. The van der Waals surface area contributed by atoms with Crippen LogP contribution in [0.15, 0.2) is 78.9 Å². The van der Waals surface area contributed by atoms with Gasteiger partial charge in [-0.25, -0.2) is 8.42 Å². The molecule has 0 aliphatic rings. The molecule has 220 valence electrons. The second-order valence-corrected chi connectivity index (χ2v) is 12.8. The van der Waals surface area contributed by atoms with Gasteiger partial charge in [-0.3, -0.25) is 13.9 Å². The van der Waals surface area contributed by atoms with Crippen molar-refractivity contribution < 1.29 is 18.0 Å². The van der Waals surface area contributed by atoms with E-state index in [9.17, 15) is 18.0 Å². The lowest BCUT2D eigenvalue weighted by Gasteiger charge is -2.32. The van der Waals surface area contributed by atoms with Crippen LogP contribution in [0.1, 0.15) is 49.8 Å². The van der Waals surface area contributed by atoms with Crippen molar-refractivity contribution in [3.8, 4) is 0 Å². The average molecular weight is 598 g/mol. The Balaban J connectivity index is 1.89. The molecule has 3 aromatic rings. The van der Waals surface area contributed by atoms with Crippen molar-refractivity contribution in [1.29, 1.82) is 0 Å². The standard InChI is InChI=1S/C32H40ClN3O4S/c1-5-25(3)34-32(38)30(21-26-11-7-6-8-12-26)35(23-27-18-16-24(2)17-19-27)31(37)15-10-20-36(41(4,39)40)29-14-9-13-28(33)22-29/h6-9,11-14,16-19,22,25,30H,5,10,15,20-21,23H2,1-4H3,(H,34,38)/t25-,30-/m0/s1. The van der Waals surface area contributed by atoms with E-state index in [2.05, 4.69) is 5.32 Å². The number of nitrogens with zero attached hydrogens (tertiary/aromatic N) is 2. The summed E-state index contributed by atoms with van der Waals surface area (Å²) >= 11 is 6.11. The average Bonchev–Trinajstić information content (AvgIpc) is 2.93. The van der Waals surface area contributed by atoms with Crippen molar-refractivity contribution in [2.45, 2.75) is 65.1 Å². The Bertz CT molecular complexity index is 1400. The molecule has 1 N–H and O–H groups in total. The predicted octanol–water partition coefficient (Wildman–Crippen LogP) is 5.75. The maximum Gasteiger partial charge on any atom is 0.243 e. The first kappa shape index (κ1) is 32.2. The van der Waals surface area contributed by atoms with Crippen LogP contribution in [0.4, 0.5) is 5.69 Å². The second-order valence-electron chi connectivity index (χ2n) is 10.4. The van der Waals surface area contributed by atoms with Gasteiger partial charge in [-0.15, -0.1) is 0 Å². The molecule has 2 amide bonds. The van der Waals surface area contributed by atoms with E-state index in [0.29, 0.717) is 17.1 Å². The second kappa shape index (κ2) is 15.0. The minimum Gasteiger partial charge on any atom is -0.352 e. The van der Waals surface area contributed by atoms with Gasteiger partial charge in [0.2, 0.25) is 21.8 Å². The predicted molar refractivity (Wildman–Crippen MR) is 166 cm³/mol. The number of rotatable bonds is 14. The van der Waals surface area contributed by atoms with Crippen LogP contribution >= 0.6 is 11.6 Å². The van der Waals surface area contributed by atoms with Crippen molar-refractivity contribution in [2.75, 3.05) is 17.1 Å². The molecule has 0 aliphatic heterocycles. The number of amides is 2. The molecule has 7 nitrogen and oxygen atoms in total. The van der Waals surface area contributed by atoms with Crippen LogP contribution in [0.5, 0.6) is 0 Å². The first-order valence-corrected chi connectivity index (χ1v) is 16.1. The van der Waals surface area contributed by atoms with Crippen molar-refractivity contribution in [3.63, 3.8) is 0 Å². The summed E-state index contributed by atoms with van der Waals surface area (Å²) in [5.74, 6) is -0.425. The minimum atomic E-state index is -3.61. The molecule has 3 aromatic carbocycles. The number of carbonyl (C=O) groups excluding carboxylic acids is 2. The van der Waals surface area contributed by atoms with Crippen molar-refractivity contribution >= 4 is 39.1 Å². The van der Waals surface area contributed by atoms with E-state index in [4.69, 9.17) is 11.6 Å². The highest BCUT2D eigenvalue weighted by atomic mass is 35.5. The van der Waals surface area contributed by atoms with E-state index in [-0.39, 0.29) is 43.8 Å². The number of halogens is 1. The van der Waals surface area contributed by atoms with Crippen LogP contribution in [0.3, 0.4) is 0 Å². The monoisotopic (exact) mass is 597 g/mol. The van der Waals surface area contributed by atoms with Gasteiger partial charge < -0.3 is 10.2 Å². The van der Waals surface area contributed by atoms with Crippen molar-refractivity contribution in [1.82, 2.24) is 10.2 Å². The number of anilines is 1. The third kappa shape index (κ3) is 9.90. The smallest absolute Gasteiger partial charge is 0.243 e. The first-order valence-electron chi connectivity index (χ1n) is 13.9. The largest absolute Gasteiger partial charge is 0.352 e. The lowest BCUT2D eigenvalue weighted by molar-refractivity contribution is -0.141. The van der Waals surface area contributed by atoms with Gasteiger partial charge in [-0.1, -0.05) is 84.8 Å². The minimum absolute atomic E-state index is 0.0434. The molecule has 2 atom stereocenters. The third-order valence-corrected chi connectivity index (χ3v) is 8.42. The number of hydrogen-bond acceptors (Lipinski definition) is 4. The molecule has 0 fully saturated rings. The Labute approximate surface area is 249 Å². The highest BCUT2D eigenvalue weighted by Gasteiger charge is 2.31. The fourth-order valence-corrected chi connectivity index (χ4v) is 5.66. The molecule has 0 unspecified atom stereocenters. The fourth-order valence-electron chi connectivity index (χ4n) is 4.52. The molecular weight excluding hydrogens is 558 g/mol. The molecule has 0 radical (unpaired) electrons. The molecular formula is C32H40ClN3O4S. The summed E-state index contributed by atoms with van der Waals surface area (Å²) in [4.78, 5) is 29.2. The number of nitrogens with one attached hydrogen (secondary N) is 1. The van der Waals surface area contributed by atoms with Gasteiger partial charge in [0.15, 0.2) is 0 Å². The van der Waals surface area contributed by atoms with Gasteiger partial charge in [-0.2, -0.15) is 0 Å². The Morgan fingerprint density at radius 2 is 1.63 bits per heavy atom. The molecule has 0 aromatic heterocycles. The van der Waals surface area contributed by atoms with E-state index >= 15 is 0 Å². The van der Waals surface area contributed by atoms with Crippen LogP contribution in [-0.2, 0) is 32.6 Å². The maximum absolute atomic E-state index is 13.9. The van der Waals surface area contributed by atoms with E-state index in [0.717, 1.165) is 29.4 Å². The molecule has 0 saturated heterocycles. The van der Waals surface area contributed by atoms with Crippen LogP contribution in [0, 0.1) is 6.92 Å². The summed E-state index contributed by atoms with van der Waals surface area (Å²) in [7, 11) is -3.61. The third-order valence-electron chi connectivity index (χ3n) is 6.99. The van der Waals surface area contributed by atoms with Crippen LogP contribution in [-0.4, -0.2) is 50.0 Å². The lowest BCUT2D eigenvalue weighted by atomic mass is 10.0. The summed E-state index contributed by atoms with van der Waals surface area (Å²) in [5, 5.41) is 3.49. The van der Waals surface area contributed by atoms with E-state index in [1.165, 1.54) is 4.31 Å². The van der Waals surface area contributed by atoms with E-state index in [1.54, 1.807) is 29.2 Å². The summed E-state index contributed by atoms with van der Waals surface area (Å²) < 4.78 is 26.4. The van der Waals surface area contributed by atoms with Crippen LogP contribution in [0.2, 0.25) is 5.02 Å². The Morgan fingerprint density at radius 3 is 2.24 bits per heavy atom. The van der Waals surface area contributed by atoms with Crippen LogP contribution in [0.25, 0.3) is 0 Å². The topological polar surface area (TPSA) is 86.8 Å². The number of carbonyl (C=O) groups is 2. The summed E-state index contributed by atoms with van der Waals surface area (Å²) in [6.07, 6.45) is 2.60. The number of aryl methyl sites for hydroxylation is 1. The van der Waals surface area contributed by atoms with Gasteiger partial charge in [0.25, 0.3) is 0 Å². The highest BCUT2D eigenvalue weighted by molar-refractivity contribution is 7.92. The lowest BCUT2D eigenvalue weighted by Crippen LogP contribution is -2.52. The molecule has 41 heavy (non-hydrogen) atoms. The summed E-state index contributed by atoms with van der Waals surface area (Å²) in [6.45, 7) is 6.30. The quantitative estimate of drug-likeness (QED) is 0.256. The number of hydrogen-bond donors (Lipinski definition) is 1. The van der Waals surface area contributed by atoms with Crippen molar-refractivity contribution in [3.05, 3.63) is 101 Å². The Hall–Kier alpha value is -3.36. The molecule has 0 saturated carbocycles. The molecule has 0 heterocycles. The number of sulfonamides is 1. The molecule has 3 rings (SSSR count). The zero-order valence-electron chi connectivity index (χ0n) is 24.2. The van der Waals surface area contributed by atoms with Gasteiger partial charge in [0.05, 0.1) is 11.9 Å².